The van der Waals surface area contributed by atoms with Crippen LogP contribution in [0.5, 0.6) is 0 Å². The summed E-state index contributed by atoms with van der Waals surface area (Å²) in [7, 11) is 0. The van der Waals surface area contributed by atoms with E-state index in [1.165, 1.54) is 4.90 Å². The van der Waals surface area contributed by atoms with Crippen LogP contribution in [-0.2, 0) is 9.59 Å². The summed E-state index contributed by atoms with van der Waals surface area (Å²) in [5.74, 6) is -0.319. The first-order valence-corrected chi connectivity index (χ1v) is 10.4. The van der Waals surface area contributed by atoms with Crippen LogP contribution in [0, 0.1) is 12.3 Å². The minimum Gasteiger partial charge on any atom is -0.391 e. The van der Waals surface area contributed by atoms with E-state index in [2.05, 4.69) is 15.3 Å². The molecule has 2 amide bonds. The molecule has 1 aromatic carbocycles. The van der Waals surface area contributed by atoms with Crippen LogP contribution in [0.15, 0.2) is 30.6 Å². The number of imidazole rings is 1. The molecule has 0 aliphatic carbocycles. The first kappa shape index (κ1) is 22.0. The Labute approximate surface area is 177 Å². The fourth-order valence-corrected chi connectivity index (χ4v) is 3.88. The summed E-state index contributed by atoms with van der Waals surface area (Å²) >= 11 is 0. The monoisotopic (exact) mass is 412 g/mol. The summed E-state index contributed by atoms with van der Waals surface area (Å²) < 4.78 is 0. The number of nitrogens with one attached hydrogen (secondary N) is 2. The van der Waals surface area contributed by atoms with Crippen molar-refractivity contribution in [3.63, 3.8) is 0 Å². The van der Waals surface area contributed by atoms with Crippen LogP contribution >= 0.6 is 0 Å². The second kappa shape index (κ2) is 8.60. The number of aliphatic hydroxyl groups excluding tert-OH is 1. The van der Waals surface area contributed by atoms with Gasteiger partial charge in [0.25, 0.3) is 0 Å². The van der Waals surface area contributed by atoms with Crippen LogP contribution < -0.4 is 5.32 Å². The summed E-state index contributed by atoms with van der Waals surface area (Å²) in [5.41, 5.74) is 3.74. The third-order valence-corrected chi connectivity index (χ3v) is 5.47. The molecular weight excluding hydrogens is 380 g/mol. The second-order valence-corrected chi connectivity index (χ2v) is 9.40. The normalized spacial score (nSPS) is 20.3. The number of H-pyrrole nitrogens is 1. The molecule has 0 saturated carbocycles. The molecule has 1 aliphatic heterocycles. The molecule has 1 aliphatic rings. The molecule has 2 aromatic rings. The first-order chi connectivity index (χ1) is 14.0. The van der Waals surface area contributed by atoms with Gasteiger partial charge in [0, 0.05) is 19.4 Å². The van der Waals surface area contributed by atoms with Gasteiger partial charge in [-0.1, -0.05) is 45.0 Å². The van der Waals surface area contributed by atoms with E-state index in [1.54, 1.807) is 6.33 Å². The number of benzene rings is 1. The number of aryl methyl sites for hydroxylation is 1. The minimum absolute atomic E-state index is 0.0915. The highest BCUT2D eigenvalue weighted by atomic mass is 16.3. The second-order valence-electron chi connectivity index (χ2n) is 9.40. The number of β-amino-alcohol motifs (C(OH)–C–C–N with tert-alkyl or cyclic N) is 1. The van der Waals surface area contributed by atoms with Gasteiger partial charge in [-0.15, -0.1) is 0 Å². The molecule has 0 spiro atoms. The number of hydrogen-bond acceptors (Lipinski definition) is 4. The summed E-state index contributed by atoms with van der Waals surface area (Å²) in [6.45, 7) is 10.0. The molecule has 0 bridgehead atoms. The van der Waals surface area contributed by atoms with Gasteiger partial charge in [0.2, 0.25) is 11.8 Å². The van der Waals surface area contributed by atoms with Crippen molar-refractivity contribution in [3.05, 3.63) is 41.9 Å². The highest BCUT2D eigenvalue weighted by molar-refractivity contribution is 5.88. The maximum atomic E-state index is 12.9. The molecule has 7 heteroatoms. The SMILES string of the molecule is Cc1nc[nH]c1-c1ccc([C@H](C)NC(=O)[C@@H]2C[C@@H](O)CN2C(=O)CC(C)(C)C)cc1. The molecule has 0 unspecified atom stereocenters. The molecule has 7 nitrogen and oxygen atoms in total. The smallest absolute Gasteiger partial charge is 0.243 e. The van der Waals surface area contributed by atoms with Gasteiger partial charge in [-0.25, -0.2) is 4.98 Å². The Morgan fingerprint density at radius 3 is 2.53 bits per heavy atom. The van der Waals surface area contributed by atoms with Crippen molar-refractivity contribution >= 4 is 11.8 Å². The Bertz CT molecular complexity index is 898. The number of nitrogens with zero attached hydrogens (tertiary/aromatic N) is 2. The van der Waals surface area contributed by atoms with Gasteiger partial charge < -0.3 is 20.3 Å². The average Bonchev–Trinajstić information content (AvgIpc) is 3.26. The number of rotatable bonds is 5. The molecule has 1 saturated heterocycles. The highest BCUT2D eigenvalue weighted by Gasteiger charge is 2.39. The van der Waals surface area contributed by atoms with Gasteiger partial charge in [0.15, 0.2) is 0 Å². The van der Waals surface area contributed by atoms with Gasteiger partial charge in [0.1, 0.15) is 6.04 Å². The zero-order valence-electron chi connectivity index (χ0n) is 18.4. The first-order valence-electron chi connectivity index (χ1n) is 10.4. The summed E-state index contributed by atoms with van der Waals surface area (Å²) in [4.78, 5) is 34.5. The van der Waals surface area contributed by atoms with E-state index >= 15 is 0 Å². The topological polar surface area (TPSA) is 98.3 Å². The predicted octanol–water partition coefficient (Wildman–Crippen LogP) is 2.96. The van der Waals surface area contributed by atoms with Crippen LogP contribution in [0.4, 0.5) is 0 Å². The van der Waals surface area contributed by atoms with Crippen LogP contribution in [0.3, 0.4) is 0 Å². The Morgan fingerprint density at radius 1 is 1.30 bits per heavy atom. The van der Waals surface area contributed by atoms with E-state index in [-0.39, 0.29) is 36.2 Å². The quantitative estimate of drug-likeness (QED) is 0.703. The van der Waals surface area contributed by atoms with Crippen molar-refractivity contribution in [1.82, 2.24) is 20.2 Å². The van der Waals surface area contributed by atoms with E-state index in [4.69, 9.17) is 0 Å². The Hall–Kier alpha value is -2.67. The number of carbonyl (C=O) groups is 2. The number of amides is 2. The van der Waals surface area contributed by atoms with Crippen LogP contribution in [0.1, 0.15) is 57.8 Å². The lowest BCUT2D eigenvalue weighted by Gasteiger charge is -2.28. The number of likely N-dealkylation sites (tertiary alicyclic amines) is 1. The van der Waals surface area contributed by atoms with Crippen molar-refractivity contribution < 1.29 is 14.7 Å². The fraction of sp³-hybridized carbons (Fsp3) is 0.522. The molecular formula is C23H32N4O3. The van der Waals surface area contributed by atoms with Crippen LogP contribution in [0.25, 0.3) is 11.3 Å². The number of carbonyl (C=O) groups excluding carboxylic acids is 2. The minimum atomic E-state index is -0.670. The molecule has 2 heterocycles. The molecule has 1 aromatic heterocycles. The zero-order valence-corrected chi connectivity index (χ0v) is 18.4. The third kappa shape index (κ3) is 5.08. The lowest BCUT2D eigenvalue weighted by atomic mass is 9.91. The van der Waals surface area contributed by atoms with Crippen molar-refractivity contribution in [2.75, 3.05) is 6.54 Å². The van der Waals surface area contributed by atoms with E-state index in [0.29, 0.717) is 6.42 Å². The molecule has 0 radical (unpaired) electrons. The van der Waals surface area contributed by atoms with E-state index in [0.717, 1.165) is 22.5 Å². The van der Waals surface area contributed by atoms with E-state index < -0.39 is 12.1 Å². The maximum absolute atomic E-state index is 12.9. The largest absolute Gasteiger partial charge is 0.391 e. The number of aromatic nitrogens is 2. The standard InChI is InChI=1S/C23H32N4O3/c1-14(16-6-8-17(9-7-16)21-15(2)24-13-25-21)26-22(30)19-10-18(28)12-27(19)20(29)11-23(3,4)5/h6-9,13-14,18-19,28H,10-12H2,1-5H3,(H,24,25)(H,26,30)/t14-,18+,19-/m0/s1. The number of aliphatic hydroxyl groups is 1. The Balaban J connectivity index is 1.66. The van der Waals surface area contributed by atoms with E-state index in [1.807, 2.05) is 58.9 Å². The molecule has 3 N–H and O–H groups in total. The lowest BCUT2D eigenvalue weighted by molar-refractivity contribution is -0.140. The van der Waals surface area contributed by atoms with Gasteiger partial charge >= 0.3 is 0 Å². The molecule has 162 valence electrons. The van der Waals surface area contributed by atoms with Crippen LogP contribution in [0.2, 0.25) is 0 Å². The van der Waals surface area contributed by atoms with Crippen LogP contribution in [-0.4, -0.2) is 50.5 Å². The molecule has 3 rings (SSSR count). The molecule has 3 atom stereocenters. The predicted molar refractivity (Wildman–Crippen MR) is 116 cm³/mol. The fourth-order valence-electron chi connectivity index (χ4n) is 3.88. The van der Waals surface area contributed by atoms with Gasteiger partial charge in [-0.2, -0.15) is 0 Å². The number of aromatic amines is 1. The Morgan fingerprint density at radius 2 is 1.97 bits per heavy atom. The number of hydrogen-bond donors (Lipinski definition) is 3. The van der Waals surface area contributed by atoms with Gasteiger partial charge in [-0.3, -0.25) is 9.59 Å². The van der Waals surface area contributed by atoms with E-state index in [9.17, 15) is 14.7 Å². The maximum Gasteiger partial charge on any atom is 0.243 e. The summed E-state index contributed by atoms with van der Waals surface area (Å²) in [6, 6.07) is 7.10. The molecule has 1 fully saturated rings. The lowest BCUT2D eigenvalue weighted by Crippen LogP contribution is -2.47. The summed E-state index contributed by atoms with van der Waals surface area (Å²) in [5, 5.41) is 13.1. The van der Waals surface area contributed by atoms with Crippen molar-refractivity contribution in [3.8, 4) is 11.3 Å². The van der Waals surface area contributed by atoms with Crippen molar-refractivity contribution in [2.45, 2.75) is 65.6 Å². The zero-order chi connectivity index (χ0) is 22.1. The highest BCUT2D eigenvalue weighted by Crippen LogP contribution is 2.26. The van der Waals surface area contributed by atoms with Gasteiger partial charge in [-0.05, 0) is 30.4 Å². The molecule has 30 heavy (non-hydrogen) atoms. The van der Waals surface area contributed by atoms with Gasteiger partial charge in [0.05, 0.1) is 29.9 Å². The van der Waals surface area contributed by atoms with Crippen molar-refractivity contribution in [1.29, 1.82) is 0 Å². The average molecular weight is 413 g/mol. The Kier molecular flexibility index (Phi) is 6.31. The third-order valence-electron chi connectivity index (χ3n) is 5.47. The summed E-state index contributed by atoms with van der Waals surface area (Å²) in [6.07, 6.45) is 1.61. The van der Waals surface area contributed by atoms with Crippen molar-refractivity contribution in [2.24, 2.45) is 5.41 Å².